The number of nitrogens with zero attached hydrogens (tertiary/aromatic N) is 1. The molecule has 2 N–H and O–H groups in total. The molecule has 0 saturated heterocycles. The van der Waals surface area contributed by atoms with Gasteiger partial charge in [-0.05, 0) is 36.5 Å². The van der Waals surface area contributed by atoms with Crippen LogP contribution in [0, 0.1) is 5.92 Å². The van der Waals surface area contributed by atoms with Crippen LogP contribution in [0.5, 0.6) is 5.75 Å². The first-order valence-electron chi connectivity index (χ1n) is 6.16. The fourth-order valence-corrected chi connectivity index (χ4v) is 2.13. The third kappa shape index (κ3) is 2.06. The highest BCUT2D eigenvalue weighted by molar-refractivity contribution is 5.75. The van der Waals surface area contributed by atoms with E-state index in [1.54, 1.807) is 7.11 Å². The Kier molecular flexibility index (Phi) is 2.70. The van der Waals surface area contributed by atoms with Crippen LogP contribution < -0.4 is 10.5 Å². The molecule has 1 aliphatic rings. The summed E-state index contributed by atoms with van der Waals surface area (Å²) in [7, 11) is 1.65. The maximum absolute atomic E-state index is 5.90. The van der Waals surface area contributed by atoms with Crippen molar-refractivity contribution in [3.05, 3.63) is 30.0 Å². The second-order valence-electron chi connectivity index (χ2n) is 4.74. The summed E-state index contributed by atoms with van der Waals surface area (Å²) in [5.74, 6) is 2.95. The number of nitrogen functional groups attached to an aromatic ring is 1. The van der Waals surface area contributed by atoms with E-state index in [-0.39, 0.29) is 0 Å². The largest absolute Gasteiger partial charge is 0.497 e. The Morgan fingerprint density at radius 1 is 1.33 bits per heavy atom. The molecule has 1 saturated carbocycles. The molecule has 1 heterocycles. The molecule has 94 valence electrons. The van der Waals surface area contributed by atoms with E-state index in [4.69, 9.17) is 15.0 Å². The number of hydrogen-bond donors (Lipinski definition) is 1. The van der Waals surface area contributed by atoms with Gasteiger partial charge in [-0.25, -0.2) is 0 Å². The predicted octanol–water partition coefficient (Wildman–Crippen LogP) is 2.88. The van der Waals surface area contributed by atoms with Gasteiger partial charge < -0.3 is 15.0 Å². The quantitative estimate of drug-likeness (QED) is 0.898. The number of methoxy groups -OCH3 is 1. The Morgan fingerprint density at radius 2 is 2.06 bits per heavy atom. The molecule has 4 nitrogen and oxygen atoms in total. The molecule has 18 heavy (non-hydrogen) atoms. The van der Waals surface area contributed by atoms with Gasteiger partial charge in [0.25, 0.3) is 0 Å². The summed E-state index contributed by atoms with van der Waals surface area (Å²) in [4.78, 5) is 0. The first-order valence-corrected chi connectivity index (χ1v) is 6.16. The number of anilines is 1. The van der Waals surface area contributed by atoms with Crippen molar-refractivity contribution in [3.8, 4) is 16.9 Å². The third-order valence-electron chi connectivity index (χ3n) is 3.34. The van der Waals surface area contributed by atoms with Crippen LogP contribution in [-0.4, -0.2) is 12.3 Å². The van der Waals surface area contributed by atoms with Crippen LogP contribution in [0.4, 0.5) is 5.82 Å². The average molecular weight is 244 g/mol. The minimum Gasteiger partial charge on any atom is -0.497 e. The molecule has 0 bridgehead atoms. The molecule has 3 rings (SSSR count). The molecule has 1 aromatic carbocycles. The summed E-state index contributed by atoms with van der Waals surface area (Å²) in [6, 6.07) is 7.81. The molecule has 0 amide bonds. The highest BCUT2D eigenvalue weighted by Crippen LogP contribution is 2.38. The number of nitrogens with two attached hydrogens (primary N) is 1. The second kappa shape index (κ2) is 4.37. The zero-order valence-electron chi connectivity index (χ0n) is 10.3. The summed E-state index contributed by atoms with van der Waals surface area (Å²) in [6.45, 7) is 0. The van der Waals surface area contributed by atoms with Crippen LogP contribution in [0.15, 0.2) is 28.8 Å². The van der Waals surface area contributed by atoms with Crippen molar-refractivity contribution in [2.24, 2.45) is 5.92 Å². The summed E-state index contributed by atoms with van der Waals surface area (Å²) in [6.07, 6.45) is 3.50. The Bertz CT molecular complexity index is 541. The van der Waals surface area contributed by atoms with Gasteiger partial charge in [-0.3, -0.25) is 0 Å². The number of hydrogen-bond acceptors (Lipinski definition) is 4. The van der Waals surface area contributed by atoms with Crippen molar-refractivity contribution in [3.63, 3.8) is 0 Å². The van der Waals surface area contributed by atoms with Gasteiger partial charge in [0, 0.05) is 6.42 Å². The Labute approximate surface area is 106 Å². The van der Waals surface area contributed by atoms with Crippen LogP contribution in [0.2, 0.25) is 0 Å². The highest BCUT2D eigenvalue weighted by atomic mass is 16.5. The minimum atomic E-state index is 0.468. The lowest BCUT2D eigenvalue weighted by Crippen LogP contribution is -1.92. The van der Waals surface area contributed by atoms with Crippen molar-refractivity contribution in [2.75, 3.05) is 12.8 Å². The Hall–Kier alpha value is -1.97. The van der Waals surface area contributed by atoms with Crippen molar-refractivity contribution in [2.45, 2.75) is 19.3 Å². The molecule has 2 aromatic rings. The van der Waals surface area contributed by atoms with Crippen molar-refractivity contribution in [1.82, 2.24) is 5.16 Å². The lowest BCUT2D eigenvalue weighted by Gasteiger charge is -2.04. The number of ether oxygens (including phenoxy) is 1. The highest BCUT2D eigenvalue weighted by Gasteiger charge is 2.26. The second-order valence-corrected chi connectivity index (χ2v) is 4.74. The molecular formula is C14H16N2O2. The van der Waals surface area contributed by atoms with Crippen molar-refractivity contribution in [1.29, 1.82) is 0 Å². The fourth-order valence-electron chi connectivity index (χ4n) is 2.13. The number of benzene rings is 1. The van der Waals surface area contributed by atoms with E-state index in [9.17, 15) is 0 Å². The van der Waals surface area contributed by atoms with E-state index in [1.165, 1.54) is 12.8 Å². The average Bonchev–Trinajstić information content (AvgIpc) is 3.13. The standard InChI is InChI=1S/C14H16N2O2/c1-17-11-6-4-10(5-7-11)13-12(8-9-2-3-9)18-16-14(13)15/h4-7,9H,2-3,8H2,1H3,(H2,15,16). The lowest BCUT2D eigenvalue weighted by molar-refractivity contribution is 0.381. The van der Waals surface area contributed by atoms with Gasteiger partial charge in [-0.1, -0.05) is 17.3 Å². The predicted molar refractivity (Wildman–Crippen MR) is 69.3 cm³/mol. The van der Waals surface area contributed by atoms with Crippen LogP contribution >= 0.6 is 0 Å². The van der Waals surface area contributed by atoms with E-state index in [0.29, 0.717) is 5.82 Å². The summed E-state index contributed by atoms with van der Waals surface area (Å²) in [5, 5.41) is 3.89. The molecule has 0 aliphatic heterocycles. The van der Waals surface area contributed by atoms with E-state index in [2.05, 4.69) is 5.16 Å². The fraction of sp³-hybridized carbons (Fsp3) is 0.357. The van der Waals surface area contributed by atoms with E-state index in [1.807, 2.05) is 24.3 Å². The SMILES string of the molecule is COc1ccc(-c2c(N)noc2CC2CC2)cc1. The van der Waals surface area contributed by atoms with Crippen LogP contribution in [0.3, 0.4) is 0 Å². The topological polar surface area (TPSA) is 61.3 Å². The smallest absolute Gasteiger partial charge is 0.175 e. The Balaban J connectivity index is 1.95. The normalized spacial score (nSPS) is 14.7. The monoisotopic (exact) mass is 244 g/mol. The van der Waals surface area contributed by atoms with Crippen LogP contribution in [-0.2, 0) is 6.42 Å². The van der Waals surface area contributed by atoms with Gasteiger partial charge in [-0.15, -0.1) is 0 Å². The van der Waals surface area contributed by atoms with Gasteiger partial charge in [0.15, 0.2) is 5.82 Å². The summed E-state index contributed by atoms with van der Waals surface area (Å²) in [5.41, 5.74) is 7.87. The summed E-state index contributed by atoms with van der Waals surface area (Å²) >= 11 is 0. The molecule has 1 fully saturated rings. The van der Waals surface area contributed by atoms with Gasteiger partial charge in [0.1, 0.15) is 11.5 Å². The first kappa shape index (κ1) is 11.1. The zero-order chi connectivity index (χ0) is 12.5. The molecule has 0 radical (unpaired) electrons. The maximum atomic E-state index is 5.90. The van der Waals surface area contributed by atoms with Crippen LogP contribution in [0.1, 0.15) is 18.6 Å². The van der Waals surface area contributed by atoms with Crippen molar-refractivity contribution >= 4 is 5.82 Å². The molecule has 0 spiro atoms. The summed E-state index contributed by atoms with van der Waals surface area (Å²) < 4.78 is 10.5. The molecular weight excluding hydrogens is 228 g/mol. The Morgan fingerprint density at radius 3 is 2.67 bits per heavy atom. The van der Waals surface area contributed by atoms with E-state index >= 15 is 0 Å². The molecule has 1 aromatic heterocycles. The van der Waals surface area contributed by atoms with Crippen LogP contribution in [0.25, 0.3) is 11.1 Å². The van der Waals surface area contributed by atoms with Gasteiger partial charge in [0.05, 0.1) is 12.7 Å². The third-order valence-corrected chi connectivity index (χ3v) is 3.34. The van der Waals surface area contributed by atoms with Gasteiger partial charge in [0.2, 0.25) is 0 Å². The molecule has 0 unspecified atom stereocenters. The maximum Gasteiger partial charge on any atom is 0.175 e. The molecule has 0 atom stereocenters. The minimum absolute atomic E-state index is 0.468. The van der Waals surface area contributed by atoms with E-state index in [0.717, 1.165) is 35.0 Å². The zero-order valence-corrected chi connectivity index (χ0v) is 10.3. The first-order chi connectivity index (χ1) is 8.78. The van der Waals surface area contributed by atoms with Crippen molar-refractivity contribution < 1.29 is 9.26 Å². The number of aromatic nitrogens is 1. The van der Waals surface area contributed by atoms with E-state index < -0.39 is 0 Å². The molecule has 4 heteroatoms. The van der Waals surface area contributed by atoms with Gasteiger partial charge in [-0.2, -0.15) is 0 Å². The molecule has 1 aliphatic carbocycles. The lowest BCUT2D eigenvalue weighted by atomic mass is 10.0. The van der Waals surface area contributed by atoms with Gasteiger partial charge >= 0.3 is 0 Å². The number of rotatable bonds is 4.